The van der Waals surface area contributed by atoms with Crippen molar-refractivity contribution in [2.75, 3.05) is 72.7 Å². The van der Waals surface area contributed by atoms with E-state index in [2.05, 4.69) is 27.8 Å². The monoisotopic (exact) mass is 1010 g/mol. The van der Waals surface area contributed by atoms with E-state index in [0.717, 1.165) is 56.1 Å². The minimum Gasteiger partial charge on any atom is -0.481 e. The lowest BCUT2D eigenvalue weighted by molar-refractivity contribution is -0.138. The van der Waals surface area contributed by atoms with Crippen LogP contribution in [0.3, 0.4) is 0 Å². The van der Waals surface area contributed by atoms with Crippen molar-refractivity contribution in [3.05, 3.63) is 54.4 Å². The summed E-state index contributed by atoms with van der Waals surface area (Å²) in [6.07, 6.45) is 12.0. The molecule has 5 aliphatic rings. The van der Waals surface area contributed by atoms with Crippen LogP contribution in [0.1, 0.15) is 90.0 Å². The summed E-state index contributed by atoms with van der Waals surface area (Å²) in [5, 5.41) is 18.2. The number of nitrogens with zero attached hydrogens (tertiary/aromatic N) is 5. The second kappa shape index (κ2) is 24.6. The van der Waals surface area contributed by atoms with Gasteiger partial charge in [0.2, 0.25) is 31.9 Å². The Morgan fingerprint density at radius 3 is 2.33 bits per heavy atom. The fraction of sp³-hybridized carbons (Fsp3) is 0.673. The van der Waals surface area contributed by atoms with Crippen LogP contribution in [-0.2, 0) is 55.1 Å². The molecule has 4 aliphatic heterocycles. The summed E-state index contributed by atoms with van der Waals surface area (Å²) in [5.74, 6) is -0.397. The molecule has 1 saturated carbocycles. The van der Waals surface area contributed by atoms with E-state index in [0.29, 0.717) is 108 Å². The topological polar surface area (TPSA) is 245 Å². The Morgan fingerprint density at radius 1 is 0.900 bits per heavy atom. The van der Waals surface area contributed by atoms with Crippen LogP contribution in [0.25, 0.3) is 16.6 Å². The highest BCUT2D eigenvalue weighted by Crippen LogP contribution is 2.47. The smallest absolute Gasteiger partial charge is 0.303 e. The quantitative estimate of drug-likeness (QED) is 0.125. The van der Waals surface area contributed by atoms with Crippen molar-refractivity contribution < 1.29 is 50.5 Å². The number of rotatable bonds is 19. The maximum atomic E-state index is 14.1. The van der Waals surface area contributed by atoms with Crippen molar-refractivity contribution in [2.24, 2.45) is 29.4 Å². The first kappa shape index (κ1) is 53.7. The van der Waals surface area contributed by atoms with Crippen LogP contribution in [0.2, 0.25) is 0 Å². The summed E-state index contributed by atoms with van der Waals surface area (Å²) in [4.78, 5) is 34.0. The van der Waals surface area contributed by atoms with Crippen LogP contribution < -0.4 is 16.5 Å². The first-order chi connectivity index (χ1) is 33.6. The number of carboxylic acids is 1. The molecule has 5 fully saturated rings. The van der Waals surface area contributed by atoms with Crippen molar-refractivity contribution in [3.63, 3.8) is 0 Å². The van der Waals surface area contributed by atoms with Gasteiger partial charge in [-0.2, -0.15) is 9.40 Å². The molecule has 2 amide bonds. The number of carbonyl (C=O) groups is 3. The van der Waals surface area contributed by atoms with Gasteiger partial charge in [-0.05, 0) is 86.5 Å². The second-order valence-electron chi connectivity index (χ2n) is 19.5. The largest absolute Gasteiger partial charge is 0.481 e. The maximum absolute atomic E-state index is 14.1. The number of aromatic nitrogens is 2. The van der Waals surface area contributed by atoms with Crippen molar-refractivity contribution in [2.45, 2.75) is 119 Å². The van der Waals surface area contributed by atoms with Crippen molar-refractivity contribution in [1.29, 1.82) is 0 Å². The normalized spacial score (nSPS) is 25.5. The van der Waals surface area contributed by atoms with E-state index >= 15 is 0 Å². The molecule has 2 aromatic heterocycles. The molecule has 0 spiro atoms. The van der Waals surface area contributed by atoms with Gasteiger partial charge in [0.25, 0.3) is 0 Å². The van der Waals surface area contributed by atoms with Gasteiger partial charge in [0.05, 0.1) is 66.7 Å². The van der Waals surface area contributed by atoms with Crippen LogP contribution in [0.15, 0.2) is 53.7 Å². The van der Waals surface area contributed by atoms with Gasteiger partial charge in [0, 0.05) is 89.1 Å². The Balaban J connectivity index is 0.000000215. The first-order valence-corrected chi connectivity index (χ1v) is 28.1. The number of aliphatic carboxylic acids is 1. The minimum absolute atomic E-state index is 0.0290. The molecule has 6 heterocycles. The zero-order chi connectivity index (χ0) is 50.0. The van der Waals surface area contributed by atoms with E-state index in [4.69, 9.17) is 19.9 Å². The van der Waals surface area contributed by atoms with E-state index in [1.807, 2.05) is 18.2 Å². The number of ether oxygens (including phenoxy) is 3. The fourth-order valence-electron chi connectivity index (χ4n) is 11.6. The number of carboxylic acid groups (broad SMARTS) is 1. The number of nitrogens with one attached hydrogen (secondary N) is 2. The highest BCUT2D eigenvalue weighted by molar-refractivity contribution is 7.89. The van der Waals surface area contributed by atoms with E-state index in [-0.39, 0.29) is 59.0 Å². The predicted molar refractivity (Wildman–Crippen MR) is 263 cm³/mol. The van der Waals surface area contributed by atoms with Gasteiger partial charge in [0.1, 0.15) is 0 Å². The molecule has 21 heteroatoms. The van der Waals surface area contributed by atoms with Gasteiger partial charge in [-0.25, -0.2) is 30.7 Å². The molecule has 3 aromatic rings. The fourth-order valence-corrected chi connectivity index (χ4v) is 15.7. The molecule has 1 aromatic carbocycles. The summed E-state index contributed by atoms with van der Waals surface area (Å²) in [5.41, 5.74) is 11.5. The average molecular weight is 1020 g/mol. The molecule has 8 rings (SSSR count). The lowest BCUT2D eigenvalue weighted by atomic mass is 9.66. The van der Waals surface area contributed by atoms with Crippen molar-refractivity contribution in [1.82, 2.24) is 34.0 Å². The number of hydrogen-bond acceptors (Lipinski definition) is 13. The Bertz CT molecular complexity index is 2460. The predicted octanol–water partition coefficient (Wildman–Crippen LogP) is 3.66. The number of sulfonamides is 2. The van der Waals surface area contributed by atoms with E-state index in [1.165, 1.54) is 11.2 Å². The third kappa shape index (κ3) is 13.1. The Labute approximate surface area is 413 Å². The third-order valence-electron chi connectivity index (χ3n) is 15.2. The highest BCUT2D eigenvalue weighted by Gasteiger charge is 2.50. The number of fused-ring (bicyclic) bond motifs is 2. The van der Waals surface area contributed by atoms with Crippen LogP contribution in [0.4, 0.5) is 0 Å². The zero-order valence-corrected chi connectivity index (χ0v) is 42.6. The van der Waals surface area contributed by atoms with Crippen LogP contribution >= 0.6 is 0 Å². The summed E-state index contributed by atoms with van der Waals surface area (Å²) in [6.45, 7) is 8.87. The number of carbonyl (C=O) groups excluding carboxylic acids is 2. The number of benzene rings is 1. The average Bonchev–Trinajstić information content (AvgIpc) is 3.95. The number of piperidine rings is 3. The van der Waals surface area contributed by atoms with E-state index in [1.54, 1.807) is 46.5 Å². The summed E-state index contributed by atoms with van der Waals surface area (Å²) in [6, 6.07) is 10.8. The number of amides is 2. The third-order valence-corrected chi connectivity index (χ3v) is 19.5. The molecule has 4 saturated heterocycles. The Hall–Kier alpha value is -4.06. The molecular weight excluding hydrogens is 941 g/mol. The lowest BCUT2D eigenvalue weighted by Crippen LogP contribution is -2.53. The molecule has 0 bridgehead atoms. The van der Waals surface area contributed by atoms with E-state index in [9.17, 15) is 36.3 Å². The first-order valence-electron chi connectivity index (χ1n) is 25.1. The van der Waals surface area contributed by atoms with Crippen LogP contribution in [0, 0.1) is 23.7 Å². The number of nitrogens with two attached hydrogens (primary N) is 1. The van der Waals surface area contributed by atoms with Crippen LogP contribution in [-0.4, -0.2) is 159 Å². The Morgan fingerprint density at radius 2 is 1.63 bits per heavy atom. The molecular formula is C49H74N8O11S2. The molecule has 6 unspecified atom stereocenters. The van der Waals surface area contributed by atoms with Gasteiger partial charge in [0.15, 0.2) is 0 Å². The van der Waals surface area contributed by atoms with Gasteiger partial charge in [-0.15, -0.1) is 0 Å². The molecule has 19 nitrogen and oxygen atoms in total. The number of hydrazine groups is 1. The zero-order valence-electron chi connectivity index (χ0n) is 41.0. The Kier molecular flexibility index (Phi) is 18.9. The molecule has 388 valence electrons. The summed E-state index contributed by atoms with van der Waals surface area (Å²) in [7, 11) is -5.46. The second-order valence-corrected chi connectivity index (χ2v) is 23.5. The molecule has 6 atom stereocenters. The summed E-state index contributed by atoms with van der Waals surface area (Å²) >= 11 is 0. The van der Waals surface area contributed by atoms with Gasteiger partial charge in [-0.1, -0.05) is 44.4 Å². The van der Waals surface area contributed by atoms with E-state index < -0.39 is 31.9 Å². The standard InChI is InChI=1S/C28H50N4O7S.C21H24N4O4S/c1-3-21-5-4-6-26(28(21)22-7-13-32-25(17-22)23(19-30-32)18-27(34)35)40(36,37)31-11-8-24(9-12-31)39-16-15-38-14-10-29-20(2)33;1-29-17-7-9-24(10-8-17)30(27,28)20-5-3-2-4-18(20)15-6-11-25-19(12-15)16(14-23-25)13-21(22)26/h21-26,28,30H,3-19H2,1-2H3,(H,29,33)(H,34,35);2-6,11-12,14,17H,7-10,13H2,1H3,(H2,22,26). The molecule has 0 radical (unpaired) electrons. The molecule has 70 heavy (non-hydrogen) atoms. The van der Waals surface area contributed by atoms with Crippen molar-refractivity contribution >= 4 is 43.3 Å². The highest BCUT2D eigenvalue weighted by atomic mass is 32.2. The SMILES string of the molecule is CCC1CCCC(S(=O)(=O)N2CCC(OCCOCCNC(C)=O)CC2)C1C1CCN2NCC(CC(=O)O)C2C1.COC1CCN(S(=O)(=O)c2ccccc2-c2ccn3ncc(CC(N)=O)c3c2)CC1. The van der Waals surface area contributed by atoms with Gasteiger partial charge < -0.3 is 30.4 Å². The van der Waals surface area contributed by atoms with Gasteiger partial charge in [-0.3, -0.25) is 19.8 Å². The number of hydrogen-bond donors (Lipinski definition) is 4. The number of pyridine rings is 1. The van der Waals surface area contributed by atoms with Crippen LogP contribution in [0.5, 0.6) is 0 Å². The number of primary amides is 1. The maximum Gasteiger partial charge on any atom is 0.303 e. The minimum atomic E-state index is -3.66. The lowest BCUT2D eigenvalue weighted by Gasteiger charge is -2.48. The van der Waals surface area contributed by atoms with Crippen molar-refractivity contribution in [3.8, 4) is 11.1 Å². The van der Waals surface area contributed by atoms with Gasteiger partial charge >= 0.3 is 5.97 Å². The summed E-state index contributed by atoms with van der Waals surface area (Å²) < 4.78 is 76.8. The number of methoxy groups -OCH3 is 1. The molecule has 1 aliphatic carbocycles. The molecule has 5 N–H and O–H groups in total.